The Kier molecular flexibility index (Phi) is 2.13. The van der Waals surface area contributed by atoms with Crippen molar-refractivity contribution in [1.29, 1.82) is 0 Å². The second-order valence-corrected chi connectivity index (χ2v) is 4.21. The van der Waals surface area contributed by atoms with Gasteiger partial charge in [0.1, 0.15) is 0 Å². The first-order valence-corrected chi connectivity index (χ1v) is 5.48. The van der Waals surface area contributed by atoms with Crippen LogP contribution in [0, 0.1) is 6.92 Å². The number of aryl methyl sites for hydroxylation is 1. The summed E-state index contributed by atoms with van der Waals surface area (Å²) in [5.41, 5.74) is 2.19. The standard InChI is InChI=1S/C12H13N3O/c1-8-3-2-4-9(7-8)11-14-12(16-15-11)13-10-5-6-10/h2-4,7,10H,5-6H2,1H3,(H,13,14,15). The molecule has 1 aliphatic carbocycles. The summed E-state index contributed by atoms with van der Waals surface area (Å²) in [6.07, 6.45) is 2.39. The lowest BCUT2D eigenvalue weighted by Crippen LogP contribution is -2.00. The number of aromatic nitrogens is 2. The number of hydrogen-bond acceptors (Lipinski definition) is 4. The van der Waals surface area contributed by atoms with Crippen molar-refractivity contribution in [2.75, 3.05) is 5.32 Å². The molecule has 0 bridgehead atoms. The number of nitrogens with zero attached hydrogens (tertiary/aromatic N) is 2. The Bertz CT molecular complexity index is 502. The van der Waals surface area contributed by atoms with E-state index in [0.29, 0.717) is 17.9 Å². The molecule has 0 saturated heterocycles. The van der Waals surface area contributed by atoms with Crippen LogP contribution in [0.25, 0.3) is 11.4 Å². The van der Waals surface area contributed by atoms with Crippen LogP contribution < -0.4 is 5.32 Å². The van der Waals surface area contributed by atoms with Crippen LogP contribution in [0.1, 0.15) is 18.4 Å². The lowest BCUT2D eigenvalue weighted by atomic mass is 10.1. The fraction of sp³-hybridized carbons (Fsp3) is 0.333. The van der Waals surface area contributed by atoms with Gasteiger partial charge in [0.05, 0.1) is 0 Å². The van der Waals surface area contributed by atoms with Gasteiger partial charge >= 0.3 is 6.01 Å². The van der Waals surface area contributed by atoms with Crippen molar-refractivity contribution < 1.29 is 4.52 Å². The number of hydrogen-bond donors (Lipinski definition) is 1. The molecule has 0 amide bonds. The van der Waals surface area contributed by atoms with Gasteiger partial charge in [-0.3, -0.25) is 0 Å². The minimum absolute atomic E-state index is 0.527. The van der Waals surface area contributed by atoms with Gasteiger partial charge in [0.2, 0.25) is 5.82 Å². The largest absolute Gasteiger partial charge is 0.335 e. The molecule has 1 aromatic heterocycles. The molecule has 1 aliphatic rings. The average molecular weight is 215 g/mol. The quantitative estimate of drug-likeness (QED) is 0.855. The van der Waals surface area contributed by atoms with Gasteiger partial charge in [-0.1, -0.05) is 28.9 Å². The highest BCUT2D eigenvalue weighted by molar-refractivity contribution is 5.56. The van der Waals surface area contributed by atoms with E-state index in [2.05, 4.69) is 15.5 Å². The van der Waals surface area contributed by atoms with E-state index in [0.717, 1.165) is 5.56 Å². The monoisotopic (exact) mass is 215 g/mol. The Hall–Kier alpha value is -1.84. The molecule has 2 aromatic rings. The van der Waals surface area contributed by atoms with Crippen molar-refractivity contribution in [1.82, 2.24) is 10.1 Å². The summed E-state index contributed by atoms with van der Waals surface area (Å²) in [7, 11) is 0. The Morgan fingerprint density at radius 3 is 3.00 bits per heavy atom. The molecule has 3 rings (SSSR count). The molecule has 82 valence electrons. The molecule has 1 N–H and O–H groups in total. The zero-order valence-corrected chi connectivity index (χ0v) is 9.10. The zero-order valence-electron chi connectivity index (χ0n) is 9.10. The van der Waals surface area contributed by atoms with E-state index < -0.39 is 0 Å². The molecule has 0 spiro atoms. The van der Waals surface area contributed by atoms with Crippen LogP contribution in [0.3, 0.4) is 0 Å². The van der Waals surface area contributed by atoms with E-state index in [1.807, 2.05) is 31.2 Å². The van der Waals surface area contributed by atoms with Gasteiger partial charge in [-0.15, -0.1) is 0 Å². The van der Waals surface area contributed by atoms with Crippen LogP contribution >= 0.6 is 0 Å². The summed E-state index contributed by atoms with van der Waals surface area (Å²) in [5, 5.41) is 7.14. The first-order chi connectivity index (χ1) is 7.81. The van der Waals surface area contributed by atoms with Crippen LogP contribution in [0.4, 0.5) is 6.01 Å². The maximum absolute atomic E-state index is 5.14. The van der Waals surface area contributed by atoms with Gasteiger partial charge in [0, 0.05) is 11.6 Å². The highest BCUT2D eigenvalue weighted by atomic mass is 16.5. The third kappa shape index (κ3) is 1.91. The van der Waals surface area contributed by atoms with E-state index in [1.165, 1.54) is 18.4 Å². The SMILES string of the molecule is Cc1cccc(-c2noc(NC3CC3)n2)c1. The molecular formula is C12H13N3O. The molecule has 1 saturated carbocycles. The predicted octanol–water partition coefficient (Wildman–Crippen LogP) is 2.62. The van der Waals surface area contributed by atoms with E-state index in [1.54, 1.807) is 0 Å². The van der Waals surface area contributed by atoms with Crippen LogP contribution in [0.15, 0.2) is 28.8 Å². The summed E-state index contributed by atoms with van der Waals surface area (Å²) in [6.45, 7) is 2.05. The van der Waals surface area contributed by atoms with E-state index in [9.17, 15) is 0 Å². The van der Waals surface area contributed by atoms with Gasteiger partial charge in [-0.05, 0) is 25.8 Å². The van der Waals surface area contributed by atoms with E-state index in [-0.39, 0.29) is 0 Å². The molecule has 4 heteroatoms. The summed E-state index contributed by atoms with van der Waals surface area (Å²) in [4.78, 5) is 4.31. The molecule has 1 fully saturated rings. The lowest BCUT2D eigenvalue weighted by molar-refractivity contribution is 0.432. The van der Waals surface area contributed by atoms with E-state index in [4.69, 9.17) is 4.52 Å². The minimum Gasteiger partial charge on any atom is -0.335 e. The molecule has 16 heavy (non-hydrogen) atoms. The molecule has 0 atom stereocenters. The summed E-state index contributed by atoms with van der Waals surface area (Å²) >= 11 is 0. The van der Waals surface area contributed by atoms with Crippen molar-refractivity contribution in [3.63, 3.8) is 0 Å². The summed E-state index contributed by atoms with van der Waals surface area (Å²) in [5.74, 6) is 0.645. The number of anilines is 1. The van der Waals surface area contributed by atoms with Crippen molar-refractivity contribution in [3.05, 3.63) is 29.8 Å². The molecule has 1 heterocycles. The first-order valence-electron chi connectivity index (χ1n) is 5.48. The number of rotatable bonds is 3. The summed E-state index contributed by atoms with van der Waals surface area (Å²) in [6, 6.07) is 9.14. The van der Waals surface area contributed by atoms with E-state index >= 15 is 0 Å². The lowest BCUT2D eigenvalue weighted by Gasteiger charge is -1.95. The maximum atomic E-state index is 5.14. The molecular weight excluding hydrogens is 202 g/mol. The fourth-order valence-corrected chi connectivity index (χ4v) is 1.59. The Labute approximate surface area is 93.7 Å². The number of benzene rings is 1. The molecule has 0 radical (unpaired) electrons. The highest BCUT2D eigenvalue weighted by Crippen LogP contribution is 2.25. The van der Waals surface area contributed by atoms with Crippen LogP contribution in [-0.4, -0.2) is 16.2 Å². The van der Waals surface area contributed by atoms with Gasteiger partial charge in [0.25, 0.3) is 0 Å². The zero-order chi connectivity index (χ0) is 11.0. The second kappa shape index (κ2) is 3.63. The van der Waals surface area contributed by atoms with Crippen LogP contribution in [-0.2, 0) is 0 Å². The maximum Gasteiger partial charge on any atom is 0.322 e. The number of nitrogens with one attached hydrogen (secondary N) is 1. The topological polar surface area (TPSA) is 51.0 Å². The van der Waals surface area contributed by atoms with Gasteiger partial charge in [0.15, 0.2) is 0 Å². The molecule has 0 unspecified atom stereocenters. The highest BCUT2D eigenvalue weighted by Gasteiger charge is 2.23. The minimum atomic E-state index is 0.527. The van der Waals surface area contributed by atoms with Gasteiger partial charge < -0.3 is 9.84 Å². The van der Waals surface area contributed by atoms with Crippen LogP contribution in [0.2, 0.25) is 0 Å². The van der Waals surface area contributed by atoms with Crippen molar-refractivity contribution in [3.8, 4) is 11.4 Å². The third-order valence-corrected chi connectivity index (χ3v) is 2.61. The Morgan fingerprint density at radius 2 is 2.25 bits per heavy atom. The third-order valence-electron chi connectivity index (χ3n) is 2.61. The predicted molar refractivity (Wildman–Crippen MR) is 61.1 cm³/mol. The second-order valence-electron chi connectivity index (χ2n) is 4.21. The molecule has 4 nitrogen and oxygen atoms in total. The first kappa shape index (κ1) is 9.39. The van der Waals surface area contributed by atoms with Crippen molar-refractivity contribution in [2.24, 2.45) is 0 Å². The smallest absolute Gasteiger partial charge is 0.322 e. The van der Waals surface area contributed by atoms with Gasteiger partial charge in [-0.25, -0.2) is 0 Å². The Morgan fingerprint density at radius 1 is 1.38 bits per heavy atom. The Balaban J connectivity index is 1.85. The van der Waals surface area contributed by atoms with Crippen molar-refractivity contribution in [2.45, 2.75) is 25.8 Å². The molecule has 0 aliphatic heterocycles. The normalized spacial score (nSPS) is 15.1. The fourth-order valence-electron chi connectivity index (χ4n) is 1.59. The summed E-state index contributed by atoms with van der Waals surface area (Å²) < 4.78 is 5.14. The van der Waals surface area contributed by atoms with Crippen LogP contribution in [0.5, 0.6) is 0 Å². The molecule has 1 aromatic carbocycles. The van der Waals surface area contributed by atoms with Gasteiger partial charge in [-0.2, -0.15) is 4.98 Å². The average Bonchev–Trinajstić information content (AvgIpc) is 2.94. The van der Waals surface area contributed by atoms with Crippen molar-refractivity contribution >= 4 is 6.01 Å².